The van der Waals surface area contributed by atoms with Crippen LogP contribution in [0.2, 0.25) is 15.1 Å². The van der Waals surface area contributed by atoms with Gasteiger partial charge in [-0.05, 0) is 6.07 Å². The van der Waals surface area contributed by atoms with Gasteiger partial charge in [-0.1, -0.05) is 40.9 Å². The van der Waals surface area contributed by atoms with Crippen LogP contribution in [0.3, 0.4) is 0 Å². The second kappa shape index (κ2) is 4.38. The highest BCUT2D eigenvalue weighted by Gasteiger charge is 2.29. The fourth-order valence-electron chi connectivity index (χ4n) is 1.51. The highest BCUT2D eigenvalue weighted by Crippen LogP contribution is 2.38. The van der Waals surface area contributed by atoms with Crippen LogP contribution >= 0.6 is 34.8 Å². The zero-order valence-electron chi connectivity index (χ0n) is 8.55. The zero-order valence-corrected chi connectivity index (χ0v) is 10.8. The van der Waals surface area contributed by atoms with Crippen LogP contribution < -0.4 is 16.8 Å². The first kappa shape index (κ1) is 12.5. The van der Waals surface area contributed by atoms with Crippen molar-refractivity contribution in [1.29, 1.82) is 0 Å². The summed E-state index contributed by atoms with van der Waals surface area (Å²) in [5.74, 6) is 0.393. The molecule has 1 aromatic carbocycles. The molecule has 0 aromatic heterocycles. The Labute approximate surface area is 113 Å². The van der Waals surface area contributed by atoms with Crippen LogP contribution in [0.4, 0.5) is 0 Å². The molecule has 1 aromatic rings. The van der Waals surface area contributed by atoms with Crippen molar-refractivity contribution in [2.24, 2.45) is 16.5 Å². The Hall–Kier alpha value is -0.940. The minimum absolute atomic E-state index is 0.247. The maximum absolute atomic E-state index is 6.11. The van der Waals surface area contributed by atoms with Crippen LogP contribution in [0.25, 0.3) is 0 Å². The van der Waals surface area contributed by atoms with Gasteiger partial charge in [0.2, 0.25) is 0 Å². The Morgan fingerprint density at radius 2 is 1.88 bits per heavy atom. The van der Waals surface area contributed by atoms with E-state index in [1.54, 1.807) is 18.2 Å². The van der Waals surface area contributed by atoms with E-state index in [1.807, 2.05) is 0 Å². The molecule has 1 heterocycles. The highest BCUT2D eigenvalue weighted by atomic mass is 35.5. The molecule has 0 amide bonds. The molecule has 0 fully saturated rings. The van der Waals surface area contributed by atoms with Crippen molar-refractivity contribution >= 4 is 41.1 Å². The molecular formula is C10H9Cl3N4. The summed E-state index contributed by atoms with van der Waals surface area (Å²) in [5.41, 5.74) is 11.2. The predicted octanol–water partition coefficient (Wildman–Crippen LogP) is 2.19. The first-order chi connectivity index (χ1) is 7.94. The van der Waals surface area contributed by atoms with Crippen LogP contribution in [0.5, 0.6) is 0 Å². The van der Waals surface area contributed by atoms with Gasteiger partial charge in [0.05, 0.1) is 21.4 Å². The minimum Gasteiger partial charge on any atom is -0.385 e. The lowest BCUT2D eigenvalue weighted by Gasteiger charge is -2.26. The average molecular weight is 292 g/mol. The Kier molecular flexibility index (Phi) is 3.23. The van der Waals surface area contributed by atoms with Gasteiger partial charge < -0.3 is 11.1 Å². The maximum atomic E-state index is 6.11. The molecule has 0 bridgehead atoms. The molecule has 1 unspecified atom stereocenters. The SMILES string of the molecule is NC1=CC(N)(c2ccc(Cl)c(Cl)c2Cl)N=CN1. The van der Waals surface area contributed by atoms with E-state index >= 15 is 0 Å². The molecule has 0 saturated carbocycles. The zero-order chi connectivity index (χ0) is 12.6. The third-order valence-electron chi connectivity index (χ3n) is 2.35. The number of halogens is 3. The number of hydrogen-bond acceptors (Lipinski definition) is 4. The van der Waals surface area contributed by atoms with E-state index in [0.717, 1.165) is 0 Å². The Bertz CT molecular complexity index is 527. The summed E-state index contributed by atoms with van der Waals surface area (Å²) in [4.78, 5) is 4.11. The number of benzene rings is 1. The van der Waals surface area contributed by atoms with Gasteiger partial charge in [-0.25, -0.2) is 4.99 Å². The van der Waals surface area contributed by atoms with Crippen molar-refractivity contribution in [3.05, 3.63) is 44.7 Å². The standard InChI is InChI=1S/C10H9Cl3N4/c11-6-2-1-5(8(12)9(6)13)10(15)3-7(14)16-4-17-10/h1-4H,14-15H2,(H,16,17). The van der Waals surface area contributed by atoms with E-state index in [-0.39, 0.29) is 10.0 Å². The number of nitrogens with zero attached hydrogens (tertiary/aromatic N) is 1. The third-order valence-corrected chi connectivity index (χ3v) is 3.65. The minimum atomic E-state index is -1.14. The van der Waals surface area contributed by atoms with Crippen molar-refractivity contribution in [2.75, 3.05) is 0 Å². The topological polar surface area (TPSA) is 76.4 Å². The van der Waals surface area contributed by atoms with Gasteiger partial charge in [-0.2, -0.15) is 0 Å². The molecule has 5 N–H and O–H groups in total. The van der Waals surface area contributed by atoms with Gasteiger partial charge >= 0.3 is 0 Å². The van der Waals surface area contributed by atoms with E-state index in [9.17, 15) is 0 Å². The van der Waals surface area contributed by atoms with Gasteiger partial charge in [0.1, 0.15) is 5.82 Å². The fraction of sp³-hybridized carbons (Fsp3) is 0.100. The van der Waals surface area contributed by atoms with Gasteiger partial charge in [0.25, 0.3) is 0 Å². The van der Waals surface area contributed by atoms with Crippen LogP contribution in [-0.2, 0) is 5.66 Å². The summed E-state index contributed by atoms with van der Waals surface area (Å²) < 4.78 is 0. The molecule has 7 heteroatoms. The maximum Gasteiger partial charge on any atom is 0.159 e. The Morgan fingerprint density at radius 3 is 2.53 bits per heavy atom. The fourth-order valence-corrected chi connectivity index (χ4v) is 2.20. The van der Waals surface area contributed by atoms with E-state index < -0.39 is 5.66 Å². The normalized spacial score (nSPS) is 23.2. The number of hydrogen-bond donors (Lipinski definition) is 3. The largest absolute Gasteiger partial charge is 0.385 e. The second-order valence-electron chi connectivity index (χ2n) is 3.55. The van der Waals surface area contributed by atoms with E-state index in [1.165, 1.54) is 6.34 Å². The molecule has 0 spiro atoms. The number of nitrogens with two attached hydrogens (primary N) is 2. The van der Waals surface area contributed by atoms with Gasteiger partial charge in [-0.3, -0.25) is 5.73 Å². The summed E-state index contributed by atoms with van der Waals surface area (Å²) in [5, 5.41) is 3.59. The van der Waals surface area contributed by atoms with Crippen LogP contribution in [-0.4, -0.2) is 6.34 Å². The summed E-state index contributed by atoms with van der Waals surface area (Å²) >= 11 is 17.9. The highest BCUT2D eigenvalue weighted by molar-refractivity contribution is 6.48. The molecule has 17 heavy (non-hydrogen) atoms. The predicted molar refractivity (Wildman–Crippen MR) is 71.2 cm³/mol. The monoisotopic (exact) mass is 290 g/mol. The first-order valence-corrected chi connectivity index (χ1v) is 5.79. The summed E-state index contributed by atoms with van der Waals surface area (Å²) in [6.45, 7) is 0. The molecule has 4 nitrogen and oxygen atoms in total. The van der Waals surface area contributed by atoms with E-state index in [0.29, 0.717) is 16.4 Å². The van der Waals surface area contributed by atoms with Crippen LogP contribution in [0, 0.1) is 0 Å². The van der Waals surface area contributed by atoms with Crippen molar-refractivity contribution in [2.45, 2.75) is 5.66 Å². The van der Waals surface area contributed by atoms with Gasteiger partial charge in [0.15, 0.2) is 5.66 Å². The number of aliphatic imine (C=N–C) groups is 1. The molecule has 1 aliphatic rings. The van der Waals surface area contributed by atoms with Gasteiger partial charge in [0, 0.05) is 11.6 Å². The number of rotatable bonds is 1. The Balaban J connectivity index is 2.58. The average Bonchev–Trinajstić information content (AvgIpc) is 2.25. The third kappa shape index (κ3) is 2.21. The molecule has 0 saturated heterocycles. The Morgan fingerprint density at radius 1 is 1.18 bits per heavy atom. The van der Waals surface area contributed by atoms with Crippen molar-refractivity contribution in [1.82, 2.24) is 5.32 Å². The van der Waals surface area contributed by atoms with Gasteiger partial charge in [-0.15, -0.1) is 0 Å². The molecule has 90 valence electrons. The lowest BCUT2D eigenvalue weighted by Crippen LogP contribution is -2.39. The van der Waals surface area contributed by atoms with Crippen molar-refractivity contribution < 1.29 is 0 Å². The molecule has 1 atom stereocenters. The van der Waals surface area contributed by atoms with E-state index in [2.05, 4.69) is 10.3 Å². The first-order valence-electron chi connectivity index (χ1n) is 4.65. The quantitative estimate of drug-likeness (QED) is 0.694. The van der Waals surface area contributed by atoms with Crippen molar-refractivity contribution in [3.63, 3.8) is 0 Å². The van der Waals surface area contributed by atoms with E-state index in [4.69, 9.17) is 46.3 Å². The van der Waals surface area contributed by atoms with Crippen LogP contribution in [0.15, 0.2) is 29.0 Å². The molecule has 1 aliphatic heterocycles. The molecular weight excluding hydrogens is 282 g/mol. The molecule has 0 radical (unpaired) electrons. The number of nitrogens with one attached hydrogen (secondary N) is 1. The second-order valence-corrected chi connectivity index (χ2v) is 4.71. The smallest absolute Gasteiger partial charge is 0.159 e. The lowest BCUT2D eigenvalue weighted by molar-refractivity contribution is 0.578. The molecule has 2 rings (SSSR count). The lowest BCUT2D eigenvalue weighted by atomic mass is 9.99. The van der Waals surface area contributed by atoms with Crippen LogP contribution in [0.1, 0.15) is 5.56 Å². The summed E-state index contributed by atoms with van der Waals surface area (Å²) in [6.07, 6.45) is 2.96. The summed E-state index contributed by atoms with van der Waals surface area (Å²) in [7, 11) is 0. The molecule has 0 aliphatic carbocycles. The van der Waals surface area contributed by atoms with Crippen molar-refractivity contribution in [3.8, 4) is 0 Å². The summed E-state index contributed by atoms with van der Waals surface area (Å²) in [6, 6.07) is 3.28.